The number of rotatable bonds is 5. The molecule has 6 aromatic rings. The quantitative estimate of drug-likeness (QED) is 0.106. The molecule has 3 heterocycles. The molecule has 0 spiro atoms. The fourth-order valence-corrected chi connectivity index (χ4v) is 8.91. The van der Waals surface area contributed by atoms with Crippen LogP contribution in [0, 0.1) is 0 Å². The highest BCUT2D eigenvalue weighted by molar-refractivity contribution is 5.70. The molecule has 9 rings (SSSR count). The van der Waals surface area contributed by atoms with Crippen molar-refractivity contribution in [2.24, 2.45) is 0 Å². The average molecular weight is 867 g/mol. The zero-order chi connectivity index (χ0) is 44.9. The fourth-order valence-electron chi connectivity index (χ4n) is 8.91. The maximum atomic E-state index is 12.5. The molecule has 6 aromatic carbocycles. The van der Waals surface area contributed by atoms with E-state index in [-0.39, 0.29) is 57.1 Å². The first kappa shape index (κ1) is 40.6. The summed E-state index contributed by atoms with van der Waals surface area (Å²) in [6.45, 7) is 0. The van der Waals surface area contributed by atoms with Crippen molar-refractivity contribution in [2.75, 3.05) is 0 Å². The number of hydrogen-bond donors (Lipinski definition) is 15. The van der Waals surface area contributed by atoms with E-state index in [1.165, 1.54) is 30.3 Å². The lowest BCUT2D eigenvalue weighted by Crippen LogP contribution is -2.37. The molecule has 326 valence electrons. The summed E-state index contributed by atoms with van der Waals surface area (Å²) in [5.74, 6) is -11.5. The molecule has 18 nitrogen and oxygen atoms in total. The minimum absolute atomic E-state index is 0.0469. The molecule has 0 saturated heterocycles. The summed E-state index contributed by atoms with van der Waals surface area (Å²) in [7, 11) is 0. The largest absolute Gasteiger partial charge is 0.508 e. The number of aliphatic hydroxyl groups is 3. The molecule has 3 aliphatic rings. The van der Waals surface area contributed by atoms with Gasteiger partial charge in [-0.1, -0.05) is 18.2 Å². The molecule has 0 unspecified atom stereocenters. The second-order valence-corrected chi connectivity index (χ2v) is 15.6. The van der Waals surface area contributed by atoms with E-state index in [9.17, 15) is 76.6 Å². The SMILES string of the molecule is Oc1cc(O)c2c(c1)O[C@H](c1ccc(O)c(O)c1)[C@@H](O)[C@@H]2c1c(O)cc2c(c1O)[C@@H](c1c(O)cc3c(c1O)C[C@@H](O)[C@@H](c1ccc(O)c(O)c1)O3)[C@H](O)[C@@H](c1ccc(O)c(O)c1)O2. The van der Waals surface area contributed by atoms with Crippen LogP contribution in [0.4, 0.5) is 0 Å². The van der Waals surface area contributed by atoms with Gasteiger partial charge in [-0.3, -0.25) is 0 Å². The van der Waals surface area contributed by atoms with Crippen molar-refractivity contribution in [2.45, 2.75) is 54.9 Å². The van der Waals surface area contributed by atoms with E-state index in [1.54, 1.807) is 0 Å². The lowest BCUT2D eigenvalue weighted by atomic mass is 9.74. The van der Waals surface area contributed by atoms with Gasteiger partial charge in [0.05, 0.1) is 17.9 Å². The van der Waals surface area contributed by atoms with E-state index < -0.39 is 129 Å². The van der Waals surface area contributed by atoms with E-state index in [1.807, 2.05) is 0 Å². The van der Waals surface area contributed by atoms with Crippen molar-refractivity contribution in [1.82, 2.24) is 0 Å². The highest BCUT2D eigenvalue weighted by Gasteiger charge is 2.49. The first-order valence-electron chi connectivity index (χ1n) is 19.3. The van der Waals surface area contributed by atoms with Gasteiger partial charge < -0.3 is 90.8 Å². The first-order chi connectivity index (χ1) is 29.9. The van der Waals surface area contributed by atoms with E-state index in [0.717, 1.165) is 48.5 Å². The number of phenols is 12. The van der Waals surface area contributed by atoms with Gasteiger partial charge in [0.1, 0.15) is 70.1 Å². The van der Waals surface area contributed by atoms with Crippen LogP contribution in [0.25, 0.3) is 0 Å². The van der Waals surface area contributed by atoms with Crippen molar-refractivity contribution in [1.29, 1.82) is 0 Å². The number of fused-ring (bicyclic) bond motifs is 3. The molecule has 0 amide bonds. The molecule has 18 heteroatoms. The van der Waals surface area contributed by atoms with Crippen LogP contribution in [-0.2, 0) is 6.42 Å². The van der Waals surface area contributed by atoms with Gasteiger partial charge in [0, 0.05) is 58.5 Å². The molecule has 0 fully saturated rings. The van der Waals surface area contributed by atoms with Crippen molar-refractivity contribution in [3.8, 4) is 86.2 Å². The predicted molar refractivity (Wildman–Crippen MR) is 214 cm³/mol. The Bertz CT molecular complexity index is 2840. The van der Waals surface area contributed by atoms with Gasteiger partial charge in [0.2, 0.25) is 0 Å². The summed E-state index contributed by atoms with van der Waals surface area (Å²) in [5.41, 5.74) is -1.28. The predicted octanol–water partition coefficient (Wildman–Crippen LogP) is 4.44. The second kappa shape index (κ2) is 14.7. The summed E-state index contributed by atoms with van der Waals surface area (Å²) in [4.78, 5) is 0. The van der Waals surface area contributed by atoms with Crippen LogP contribution < -0.4 is 14.2 Å². The average Bonchev–Trinajstić information content (AvgIpc) is 3.22. The number of benzene rings is 6. The normalized spacial score (nSPS) is 23.6. The van der Waals surface area contributed by atoms with Gasteiger partial charge in [-0.25, -0.2) is 0 Å². The number of hydrogen-bond acceptors (Lipinski definition) is 18. The van der Waals surface area contributed by atoms with Crippen LogP contribution in [0.15, 0.2) is 78.9 Å². The third-order valence-corrected chi connectivity index (χ3v) is 11.9. The van der Waals surface area contributed by atoms with Gasteiger partial charge in [-0.05, 0) is 53.1 Å². The molecule has 0 saturated carbocycles. The zero-order valence-electron chi connectivity index (χ0n) is 32.3. The second-order valence-electron chi connectivity index (χ2n) is 15.6. The molecule has 63 heavy (non-hydrogen) atoms. The lowest BCUT2D eigenvalue weighted by molar-refractivity contribution is 0.00282. The number of aromatic hydroxyl groups is 12. The first-order valence-corrected chi connectivity index (χ1v) is 19.3. The Balaban J connectivity index is 1.24. The van der Waals surface area contributed by atoms with Crippen LogP contribution in [0.3, 0.4) is 0 Å². The Labute approximate surface area is 354 Å². The number of aliphatic hydroxyl groups excluding tert-OH is 3. The molecule has 8 atom stereocenters. The molecular weight excluding hydrogens is 828 g/mol. The molecule has 0 aliphatic carbocycles. The van der Waals surface area contributed by atoms with Gasteiger partial charge in [0.25, 0.3) is 0 Å². The van der Waals surface area contributed by atoms with Crippen LogP contribution in [0.2, 0.25) is 0 Å². The van der Waals surface area contributed by atoms with Crippen LogP contribution >= 0.6 is 0 Å². The maximum absolute atomic E-state index is 12.5. The maximum Gasteiger partial charge on any atom is 0.157 e. The van der Waals surface area contributed by atoms with Gasteiger partial charge in [-0.15, -0.1) is 0 Å². The Morgan fingerprint density at radius 3 is 1.29 bits per heavy atom. The van der Waals surface area contributed by atoms with Crippen molar-refractivity contribution in [3.05, 3.63) is 123 Å². The van der Waals surface area contributed by atoms with Gasteiger partial charge in [-0.2, -0.15) is 0 Å². The third-order valence-electron chi connectivity index (χ3n) is 11.9. The van der Waals surface area contributed by atoms with Gasteiger partial charge in [0.15, 0.2) is 46.7 Å². The zero-order valence-corrected chi connectivity index (χ0v) is 32.3. The van der Waals surface area contributed by atoms with E-state index in [0.29, 0.717) is 0 Å². The highest BCUT2D eigenvalue weighted by atomic mass is 16.5. The molecule has 15 N–H and O–H groups in total. The standard InChI is InChI=1S/C45H38O18/c46-18-10-26(53)33-31(11-18)62-44(16-2-5-21(48)24(51)8-16)41(59)37(33)35-28(55)14-32-36(40(35)58)38(42(60)45(63-32)17-3-6-22(49)25(52)9-17)34-27(54)13-30-19(39(34)57)12-29(56)43(61-30)15-1-4-20(47)23(50)7-15/h1-11,13-14,29,37-38,41-60H,12H2/t29-,37+,38-,41+,42+,43-,44-,45-/m1/s1. The fraction of sp³-hybridized carbons (Fsp3) is 0.200. The van der Waals surface area contributed by atoms with Crippen LogP contribution in [0.5, 0.6) is 86.2 Å². The van der Waals surface area contributed by atoms with Crippen molar-refractivity contribution >= 4 is 0 Å². The Morgan fingerprint density at radius 1 is 0.365 bits per heavy atom. The molecule has 0 aromatic heterocycles. The third kappa shape index (κ3) is 6.46. The molecule has 0 radical (unpaired) electrons. The van der Waals surface area contributed by atoms with Crippen LogP contribution in [0.1, 0.15) is 74.7 Å². The molecular formula is C45H38O18. The summed E-state index contributed by atoms with van der Waals surface area (Å²) in [5, 5.41) is 166. The van der Waals surface area contributed by atoms with E-state index in [4.69, 9.17) is 14.2 Å². The van der Waals surface area contributed by atoms with Crippen molar-refractivity contribution in [3.63, 3.8) is 0 Å². The summed E-state index contributed by atoms with van der Waals surface area (Å²) in [6, 6.07) is 14.8. The van der Waals surface area contributed by atoms with Crippen LogP contribution in [-0.4, -0.2) is 94.9 Å². The smallest absolute Gasteiger partial charge is 0.157 e. The van der Waals surface area contributed by atoms with E-state index >= 15 is 0 Å². The number of ether oxygens (including phenoxy) is 3. The Hall–Kier alpha value is -7.80. The highest BCUT2D eigenvalue weighted by Crippen LogP contribution is 2.61. The topological polar surface area (TPSA) is 331 Å². The molecule has 0 bridgehead atoms. The molecule has 3 aliphatic heterocycles. The number of phenolic OH excluding ortho intramolecular Hbond substituents is 12. The summed E-state index contributed by atoms with van der Waals surface area (Å²) in [6.07, 6.45) is -9.64. The minimum atomic E-state index is -1.91. The Kier molecular flexibility index (Phi) is 9.46. The minimum Gasteiger partial charge on any atom is -0.508 e. The van der Waals surface area contributed by atoms with Crippen molar-refractivity contribution < 1.29 is 90.8 Å². The van der Waals surface area contributed by atoms with E-state index in [2.05, 4.69) is 0 Å². The summed E-state index contributed by atoms with van der Waals surface area (Å²) < 4.78 is 18.2. The summed E-state index contributed by atoms with van der Waals surface area (Å²) >= 11 is 0. The lowest BCUT2D eigenvalue weighted by Gasteiger charge is -2.41. The van der Waals surface area contributed by atoms with Gasteiger partial charge >= 0.3 is 0 Å². The monoisotopic (exact) mass is 866 g/mol. The Morgan fingerprint density at radius 2 is 0.778 bits per heavy atom.